The number of urea groups is 1. The number of thiazole rings is 1. The summed E-state index contributed by atoms with van der Waals surface area (Å²) in [6, 6.07) is 8.13. The third kappa shape index (κ3) is 4.33. The lowest BCUT2D eigenvalue weighted by Crippen LogP contribution is -2.37. The molecule has 2 amide bonds. The molecule has 1 aromatic heterocycles. The zero-order chi connectivity index (χ0) is 16.9. The molecule has 24 heavy (non-hydrogen) atoms. The minimum Gasteiger partial charge on any atom is -0.396 e. The molecular formula is C18H23N3O2S. The summed E-state index contributed by atoms with van der Waals surface area (Å²) >= 11 is 1.62. The van der Waals surface area contributed by atoms with E-state index in [-0.39, 0.29) is 12.6 Å². The Morgan fingerprint density at radius 2 is 2.08 bits per heavy atom. The third-order valence-corrected chi connectivity index (χ3v) is 5.07. The molecule has 0 aliphatic heterocycles. The summed E-state index contributed by atoms with van der Waals surface area (Å²) < 4.78 is 0. The Bertz CT molecular complexity index is 680. The number of carbonyl (C=O) groups excluding carboxylic acids is 1. The number of aliphatic hydroxyl groups excluding tert-OH is 1. The molecule has 0 spiro atoms. The predicted octanol–water partition coefficient (Wildman–Crippen LogP) is 3.89. The van der Waals surface area contributed by atoms with E-state index < -0.39 is 0 Å². The fourth-order valence-electron chi connectivity index (χ4n) is 2.61. The molecule has 5 nitrogen and oxygen atoms in total. The molecule has 0 unspecified atom stereocenters. The first-order chi connectivity index (χ1) is 11.7. The van der Waals surface area contributed by atoms with E-state index in [1.165, 1.54) is 0 Å². The number of nitrogens with zero attached hydrogens (tertiary/aromatic N) is 2. The molecule has 0 bridgehead atoms. The highest BCUT2D eigenvalue weighted by Crippen LogP contribution is 2.28. The number of hydrogen-bond donors (Lipinski definition) is 2. The van der Waals surface area contributed by atoms with Crippen molar-refractivity contribution in [2.45, 2.75) is 38.6 Å². The van der Waals surface area contributed by atoms with Crippen LogP contribution in [0.5, 0.6) is 0 Å². The van der Waals surface area contributed by atoms with Gasteiger partial charge in [-0.25, -0.2) is 9.78 Å². The monoisotopic (exact) mass is 345 g/mol. The molecular weight excluding hydrogens is 322 g/mol. The molecule has 3 rings (SSSR count). The lowest BCUT2D eigenvalue weighted by Gasteiger charge is -2.22. The highest BCUT2D eigenvalue weighted by Gasteiger charge is 2.32. The van der Waals surface area contributed by atoms with Crippen molar-refractivity contribution in [1.29, 1.82) is 0 Å². The van der Waals surface area contributed by atoms with E-state index in [1.54, 1.807) is 11.3 Å². The molecule has 0 saturated heterocycles. The van der Waals surface area contributed by atoms with Gasteiger partial charge >= 0.3 is 6.03 Å². The van der Waals surface area contributed by atoms with Gasteiger partial charge in [-0.15, -0.1) is 11.3 Å². The maximum Gasteiger partial charge on any atom is 0.322 e. The van der Waals surface area contributed by atoms with Crippen molar-refractivity contribution in [3.63, 3.8) is 0 Å². The second kappa shape index (κ2) is 7.77. The van der Waals surface area contributed by atoms with Gasteiger partial charge in [0, 0.05) is 41.5 Å². The number of benzene rings is 1. The summed E-state index contributed by atoms with van der Waals surface area (Å²) in [6.07, 6.45) is 3.73. The number of aromatic nitrogens is 1. The van der Waals surface area contributed by atoms with E-state index in [4.69, 9.17) is 5.11 Å². The summed E-state index contributed by atoms with van der Waals surface area (Å²) in [5.41, 5.74) is 2.88. The molecule has 1 saturated carbocycles. The van der Waals surface area contributed by atoms with Crippen LogP contribution in [0.3, 0.4) is 0 Å². The Morgan fingerprint density at radius 1 is 1.33 bits per heavy atom. The Morgan fingerprint density at radius 3 is 2.67 bits per heavy atom. The van der Waals surface area contributed by atoms with Crippen LogP contribution in [0.2, 0.25) is 0 Å². The van der Waals surface area contributed by atoms with Crippen molar-refractivity contribution in [3.05, 3.63) is 35.3 Å². The van der Waals surface area contributed by atoms with Crippen LogP contribution < -0.4 is 5.32 Å². The predicted molar refractivity (Wildman–Crippen MR) is 97.4 cm³/mol. The van der Waals surface area contributed by atoms with E-state index in [2.05, 4.69) is 10.3 Å². The molecule has 0 atom stereocenters. The smallest absolute Gasteiger partial charge is 0.322 e. The van der Waals surface area contributed by atoms with E-state index >= 15 is 0 Å². The fraction of sp³-hybridized carbons (Fsp3) is 0.444. The average Bonchev–Trinajstić information content (AvgIpc) is 3.32. The number of aryl methyl sites for hydroxylation is 1. The minimum absolute atomic E-state index is 0.0479. The Labute approximate surface area is 146 Å². The number of unbranched alkanes of at least 4 members (excludes halogenated alkanes) is 1. The van der Waals surface area contributed by atoms with Crippen LogP contribution in [0.25, 0.3) is 10.6 Å². The first kappa shape index (κ1) is 16.9. The molecule has 1 aliphatic carbocycles. The van der Waals surface area contributed by atoms with Gasteiger partial charge in [-0.1, -0.05) is 0 Å². The van der Waals surface area contributed by atoms with Crippen LogP contribution in [-0.4, -0.2) is 40.2 Å². The van der Waals surface area contributed by atoms with E-state index in [0.29, 0.717) is 12.6 Å². The average molecular weight is 345 g/mol. The van der Waals surface area contributed by atoms with Crippen molar-refractivity contribution in [2.24, 2.45) is 0 Å². The summed E-state index contributed by atoms with van der Waals surface area (Å²) in [5.74, 6) is 0. The van der Waals surface area contributed by atoms with Crippen molar-refractivity contribution < 1.29 is 9.90 Å². The summed E-state index contributed by atoms with van der Waals surface area (Å²) in [4.78, 5) is 18.9. The van der Waals surface area contributed by atoms with E-state index in [1.807, 2.05) is 41.5 Å². The van der Waals surface area contributed by atoms with Crippen LogP contribution >= 0.6 is 11.3 Å². The Kier molecular flexibility index (Phi) is 5.48. The standard InChI is InChI=1S/C18H23N3O2S/c1-13-12-24-17(19-13)14-4-6-15(7-5-14)20-18(23)21(16-8-9-16)10-2-3-11-22/h4-7,12,16,22H,2-3,8-11H2,1H3,(H,20,23). The second-order valence-corrected chi connectivity index (χ2v) is 7.01. The normalized spacial score (nSPS) is 13.8. The van der Waals surface area contributed by atoms with Crippen LogP contribution in [0.4, 0.5) is 10.5 Å². The first-order valence-corrected chi connectivity index (χ1v) is 9.26. The van der Waals surface area contributed by atoms with Gasteiger partial charge in [-0.2, -0.15) is 0 Å². The molecule has 0 radical (unpaired) electrons. The number of carbonyl (C=O) groups is 1. The van der Waals surface area contributed by atoms with Gasteiger partial charge in [0.05, 0.1) is 0 Å². The summed E-state index contributed by atoms with van der Waals surface area (Å²) in [5, 5.41) is 14.9. The first-order valence-electron chi connectivity index (χ1n) is 8.38. The fourth-order valence-corrected chi connectivity index (χ4v) is 3.41. The van der Waals surface area contributed by atoms with E-state index in [0.717, 1.165) is 47.6 Å². The number of aliphatic hydroxyl groups is 1. The zero-order valence-corrected chi connectivity index (χ0v) is 14.7. The highest BCUT2D eigenvalue weighted by molar-refractivity contribution is 7.13. The van der Waals surface area contributed by atoms with Crippen LogP contribution in [0.15, 0.2) is 29.6 Å². The van der Waals surface area contributed by atoms with Gasteiger partial charge in [-0.3, -0.25) is 0 Å². The van der Waals surface area contributed by atoms with E-state index in [9.17, 15) is 4.79 Å². The quantitative estimate of drug-likeness (QED) is 0.748. The van der Waals surface area contributed by atoms with Crippen LogP contribution in [0.1, 0.15) is 31.4 Å². The highest BCUT2D eigenvalue weighted by atomic mass is 32.1. The molecule has 2 aromatic rings. The summed E-state index contributed by atoms with van der Waals surface area (Å²) in [6.45, 7) is 2.86. The Balaban J connectivity index is 1.60. The third-order valence-electron chi connectivity index (χ3n) is 4.06. The maximum atomic E-state index is 12.5. The van der Waals surface area contributed by atoms with Crippen molar-refractivity contribution in [1.82, 2.24) is 9.88 Å². The number of rotatable bonds is 7. The second-order valence-electron chi connectivity index (χ2n) is 6.16. The summed E-state index contributed by atoms with van der Waals surface area (Å²) in [7, 11) is 0. The molecule has 1 aromatic carbocycles. The topological polar surface area (TPSA) is 65.5 Å². The lowest BCUT2D eigenvalue weighted by atomic mass is 10.2. The van der Waals surface area contributed by atoms with Gasteiger partial charge in [0.2, 0.25) is 0 Å². The van der Waals surface area contributed by atoms with Gasteiger partial charge in [0.15, 0.2) is 0 Å². The van der Waals surface area contributed by atoms with Gasteiger partial charge in [0.25, 0.3) is 0 Å². The lowest BCUT2D eigenvalue weighted by molar-refractivity contribution is 0.204. The van der Waals surface area contributed by atoms with Crippen LogP contribution in [0, 0.1) is 6.92 Å². The van der Waals surface area contributed by atoms with Gasteiger partial charge in [-0.05, 0) is 56.9 Å². The maximum absolute atomic E-state index is 12.5. The number of hydrogen-bond acceptors (Lipinski definition) is 4. The zero-order valence-electron chi connectivity index (χ0n) is 13.9. The SMILES string of the molecule is Cc1csc(-c2ccc(NC(=O)N(CCCCO)C3CC3)cc2)n1. The number of anilines is 1. The molecule has 1 aliphatic rings. The van der Waals surface area contributed by atoms with Crippen molar-refractivity contribution in [2.75, 3.05) is 18.5 Å². The minimum atomic E-state index is -0.0479. The number of amides is 2. The molecule has 1 fully saturated rings. The number of nitrogens with one attached hydrogen (secondary N) is 1. The van der Waals surface area contributed by atoms with Crippen molar-refractivity contribution >= 4 is 23.1 Å². The van der Waals surface area contributed by atoms with Gasteiger partial charge < -0.3 is 15.3 Å². The Hall–Kier alpha value is -1.92. The molecule has 6 heteroatoms. The largest absolute Gasteiger partial charge is 0.396 e. The van der Waals surface area contributed by atoms with Gasteiger partial charge in [0.1, 0.15) is 5.01 Å². The molecule has 2 N–H and O–H groups in total. The molecule has 128 valence electrons. The van der Waals surface area contributed by atoms with Crippen LogP contribution in [-0.2, 0) is 0 Å². The molecule has 1 heterocycles. The van der Waals surface area contributed by atoms with Crippen molar-refractivity contribution in [3.8, 4) is 10.6 Å².